The van der Waals surface area contributed by atoms with Crippen LogP contribution in [0.2, 0.25) is 0 Å². The van der Waals surface area contributed by atoms with Gasteiger partial charge in [-0.3, -0.25) is 29.5 Å². The highest BCUT2D eigenvalue weighted by atomic mass is 19.1. The van der Waals surface area contributed by atoms with Gasteiger partial charge in [0.2, 0.25) is 5.91 Å². The molecule has 11 nitrogen and oxygen atoms in total. The van der Waals surface area contributed by atoms with Crippen LogP contribution in [0.1, 0.15) is 88.9 Å². The Labute approximate surface area is 343 Å². The van der Waals surface area contributed by atoms with Crippen LogP contribution in [-0.4, -0.2) is 98.7 Å². The monoisotopic (exact) mass is 797 g/mol. The van der Waals surface area contributed by atoms with Gasteiger partial charge in [0.15, 0.2) is 0 Å². The van der Waals surface area contributed by atoms with E-state index in [1.807, 2.05) is 13.0 Å². The fourth-order valence-electron chi connectivity index (χ4n) is 7.42. The summed E-state index contributed by atoms with van der Waals surface area (Å²) in [5, 5.41) is 5.25. The van der Waals surface area contributed by atoms with Crippen molar-refractivity contribution in [3.8, 4) is 18.1 Å². The Kier molecular flexibility index (Phi) is 17.7. The SMILES string of the molecule is C#CC/C(CN1CCCC(OC2CCN(C(=O)c3ccc(OC)c(N4CCC(=O)NC4=O)c3)CC2)CC1)=C(F)\C=C(/C)C(=C)C(/C=C\C)=C(/C=C)C(=O)NCCCC. The first-order valence-corrected chi connectivity index (χ1v) is 20.4. The predicted molar refractivity (Wildman–Crippen MR) is 227 cm³/mol. The summed E-state index contributed by atoms with van der Waals surface area (Å²) in [5.41, 5.74) is 3.47. The molecular formula is C46H60FN5O6. The standard InChI is InChI=1S/C46H60FN5O6/c1-8-12-23-48-44(54)38(11-4)39(15-10-3)33(6)32(5)29-40(47)35(14-9-2)31-50-24-13-16-36(19-25-50)58-37-20-26-51(27-21-37)45(55)34-17-18-42(57-7)41(30-34)52-28-22-43(53)49-46(52)56/h2,10-11,15,17-18,29-30,36-37H,4,6,8,12-14,16,19-28,31H2,1,3,5,7H3,(H,48,54)(H,49,53,56)/b15-10-,32-29+,39-38-,40-35-. The number of hydrogen-bond donors (Lipinski definition) is 2. The summed E-state index contributed by atoms with van der Waals surface area (Å²) in [6, 6.07) is 4.47. The van der Waals surface area contributed by atoms with E-state index in [4.69, 9.17) is 15.9 Å². The highest BCUT2D eigenvalue weighted by Crippen LogP contribution is 2.32. The molecular weight excluding hydrogens is 738 g/mol. The molecule has 58 heavy (non-hydrogen) atoms. The lowest BCUT2D eigenvalue weighted by atomic mass is 9.94. The highest BCUT2D eigenvalue weighted by molar-refractivity contribution is 6.07. The maximum atomic E-state index is 16.0. The number of benzene rings is 1. The molecule has 0 bridgehead atoms. The van der Waals surface area contributed by atoms with Crippen molar-refractivity contribution in [1.82, 2.24) is 20.4 Å². The Balaban J connectivity index is 1.34. The molecule has 3 saturated heterocycles. The Morgan fingerprint density at radius 3 is 2.47 bits per heavy atom. The summed E-state index contributed by atoms with van der Waals surface area (Å²) in [7, 11) is 1.50. The number of carbonyl (C=O) groups excluding carboxylic acids is 4. The van der Waals surface area contributed by atoms with E-state index < -0.39 is 11.9 Å². The molecule has 4 rings (SSSR count). The van der Waals surface area contributed by atoms with Crippen LogP contribution in [0.25, 0.3) is 0 Å². The molecule has 0 aliphatic carbocycles. The Morgan fingerprint density at radius 2 is 1.81 bits per heavy atom. The van der Waals surface area contributed by atoms with Gasteiger partial charge in [-0.05, 0) is 105 Å². The van der Waals surface area contributed by atoms with Crippen LogP contribution < -0.4 is 20.3 Å². The van der Waals surface area contributed by atoms with Crippen molar-refractivity contribution in [3.63, 3.8) is 0 Å². The van der Waals surface area contributed by atoms with E-state index in [1.54, 1.807) is 36.1 Å². The zero-order valence-corrected chi connectivity index (χ0v) is 34.7. The van der Waals surface area contributed by atoms with Gasteiger partial charge < -0.3 is 19.7 Å². The molecule has 312 valence electrons. The van der Waals surface area contributed by atoms with E-state index >= 15 is 4.39 Å². The number of piperidine rings is 1. The highest BCUT2D eigenvalue weighted by Gasteiger charge is 2.30. The molecule has 3 heterocycles. The van der Waals surface area contributed by atoms with Gasteiger partial charge in [-0.2, -0.15) is 0 Å². The summed E-state index contributed by atoms with van der Waals surface area (Å²) in [5.74, 6) is 1.94. The number of likely N-dealkylation sites (tertiary alicyclic amines) is 2. The topological polar surface area (TPSA) is 121 Å². The smallest absolute Gasteiger partial charge is 0.328 e. The molecule has 2 N–H and O–H groups in total. The number of allylic oxidation sites excluding steroid dienone is 7. The zero-order chi connectivity index (χ0) is 42.2. The number of imide groups is 1. The number of anilines is 1. The molecule has 1 atom stereocenters. The molecule has 12 heteroatoms. The number of carbonyl (C=O) groups is 4. The van der Waals surface area contributed by atoms with E-state index in [0.717, 1.165) is 45.2 Å². The number of halogens is 1. The van der Waals surface area contributed by atoms with Crippen LogP contribution in [0, 0.1) is 12.3 Å². The third-order valence-corrected chi connectivity index (χ3v) is 10.8. The van der Waals surface area contributed by atoms with E-state index in [-0.39, 0.29) is 49.3 Å². The number of ether oxygens (including phenoxy) is 2. The maximum Gasteiger partial charge on any atom is 0.328 e. The zero-order valence-electron chi connectivity index (χ0n) is 34.7. The second-order valence-corrected chi connectivity index (χ2v) is 14.9. The number of amides is 5. The lowest BCUT2D eigenvalue weighted by Crippen LogP contribution is -2.49. The summed E-state index contributed by atoms with van der Waals surface area (Å²) in [6.45, 7) is 17.5. The van der Waals surface area contributed by atoms with E-state index in [1.165, 1.54) is 24.2 Å². The van der Waals surface area contributed by atoms with Gasteiger partial charge in [0.05, 0.1) is 25.0 Å². The largest absolute Gasteiger partial charge is 0.495 e. The first-order chi connectivity index (χ1) is 27.9. The molecule has 0 aromatic heterocycles. The molecule has 3 aliphatic heterocycles. The van der Waals surface area contributed by atoms with Crippen molar-refractivity contribution in [2.45, 2.75) is 90.8 Å². The minimum atomic E-state index is -0.545. The summed E-state index contributed by atoms with van der Waals surface area (Å²) < 4.78 is 28.0. The first-order valence-electron chi connectivity index (χ1n) is 20.4. The first kappa shape index (κ1) is 45.5. The molecule has 1 aromatic rings. The number of terminal acetylenes is 1. The van der Waals surface area contributed by atoms with Gasteiger partial charge in [0.25, 0.3) is 11.8 Å². The third kappa shape index (κ3) is 12.4. The van der Waals surface area contributed by atoms with Crippen molar-refractivity contribution >= 4 is 29.4 Å². The average Bonchev–Trinajstić information content (AvgIpc) is 3.44. The molecule has 3 aliphatic rings. The number of hydrogen-bond acceptors (Lipinski definition) is 7. The van der Waals surface area contributed by atoms with Crippen LogP contribution in [0.15, 0.2) is 89.4 Å². The molecule has 1 aromatic carbocycles. The van der Waals surface area contributed by atoms with Crippen molar-refractivity contribution < 1.29 is 33.0 Å². The fourth-order valence-corrected chi connectivity index (χ4v) is 7.42. The number of nitrogens with zero attached hydrogens (tertiary/aromatic N) is 3. The molecule has 0 saturated carbocycles. The van der Waals surface area contributed by atoms with Crippen LogP contribution in [0.5, 0.6) is 5.75 Å². The minimum absolute atomic E-state index is 0.0164. The Hall–Kier alpha value is -5.25. The fraction of sp³-hybridized carbons (Fsp3) is 0.478. The normalized spacial score (nSPS) is 19.4. The molecule has 3 fully saturated rings. The van der Waals surface area contributed by atoms with Crippen molar-refractivity contribution in [2.75, 3.05) is 57.8 Å². The van der Waals surface area contributed by atoms with E-state index in [2.05, 4.69) is 41.5 Å². The molecule has 0 radical (unpaired) electrons. The second kappa shape index (κ2) is 22.6. The lowest BCUT2D eigenvalue weighted by molar-refractivity contribution is -0.120. The summed E-state index contributed by atoms with van der Waals surface area (Å²) in [6.07, 6.45) is 18.5. The third-order valence-electron chi connectivity index (χ3n) is 10.8. The molecule has 0 spiro atoms. The minimum Gasteiger partial charge on any atom is -0.495 e. The van der Waals surface area contributed by atoms with Gasteiger partial charge >= 0.3 is 6.03 Å². The summed E-state index contributed by atoms with van der Waals surface area (Å²) in [4.78, 5) is 56.2. The van der Waals surface area contributed by atoms with Crippen molar-refractivity contribution in [1.29, 1.82) is 0 Å². The lowest BCUT2D eigenvalue weighted by Gasteiger charge is -2.34. The maximum absolute atomic E-state index is 16.0. The van der Waals surface area contributed by atoms with Gasteiger partial charge in [-0.25, -0.2) is 9.18 Å². The Bertz CT molecular complexity index is 1860. The van der Waals surface area contributed by atoms with Gasteiger partial charge in [-0.15, -0.1) is 12.3 Å². The van der Waals surface area contributed by atoms with E-state index in [9.17, 15) is 19.2 Å². The average molecular weight is 798 g/mol. The van der Waals surface area contributed by atoms with Crippen molar-refractivity contribution in [2.24, 2.45) is 0 Å². The quantitative estimate of drug-likeness (QED) is 0.0733. The van der Waals surface area contributed by atoms with Crippen LogP contribution in [0.3, 0.4) is 0 Å². The second-order valence-electron chi connectivity index (χ2n) is 14.9. The van der Waals surface area contributed by atoms with Gasteiger partial charge in [0.1, 0.15) is 11.6 Å². The van der Waals surface area contributed by atoms with Crippen LogP contribution in [0.4, 0.5) is 14.9 Å². The molecule has 1 unspecified atom stereocenters. The Morgan fingerprint density at radius 1 is 1.09 bits per heavy atom. The summed E-state index contributed by atoms with van der Waals surface area (Å²) >= 11 is 0. The number of rotatable bonds is 17. The van der Waals surface area contributed by atoms with Gasteiger partial charge in [0, 0.05) is 63.2 Å². The number of methoxy groups -OCH3 is 1. The van der Waals surface area contributed by atoms with Gasteiger partial charge in [-0.1, -0.05) is 44.7 Å². The van der Waals surface area contributed by atoms with Crippen LogP contribution in [-0.2, 0) is 14.3 Å². The molecule has 5 amide bonds. The number of unbranched alkanes of at least 4 members (excludes halogenated alkanes) is 1. The number of urea groups is 1. The van der Waals surface area contributed by atoms with Crippen LogP contribution >= 0.6 is 0 Å². The predicted octanol–water partition coefficient (Wildman–Crippen LogP) is 7.34. The van der Waals surface area contributed by atoms with E-state index in [0.29, 0.717) is 83.9 Å². The number of nitrogens with one attached hydrogen (secondary N) is 2. The van der Waals surface area contributed by atoms with Crippen molar-refractivity contribution in [3.05, 3.63) is 94.9 Å².